The van der Waals surface area contributed by atoms with Crippen molar-refractivity contribution < 1.29 is 9.23 Å². The highest BCUT2D eigenvalue weighted by atomic mass is 19.1. The van der Waals surface area contributed by atoms with E-state index in [0.29, 0.717) is 54.8 Å². The van der Waals surface area contributed by atoms with E-state index in [1.807, 2.05) is 50.4 Å². The quantitative estimate of drug-likeness (QED) is 0.477. The van der Waals surface area contributed by atoms with Gasteiger partial charge in [-0.15, -0.1) is 0 Å². The molecular formula is C27H30FN7O. The average molecular weight is 488 g/mol. The maximum Gasteiger partial charge on any atom is 0.148 e. The number of hydroxylamine groups is 2. The summed E-state index contributed by atoms with van der Waals surface area (Å²) >= 11 is 0. The van der Waals surface area contributed by atoms with E-state index in [2.05, 4.69) is 34.2 Å². The van der Waals surface area contributed by atoms with Gasteiger partial charge in [-0.05, 0) is 37.5 Å². The monoisotopic (exact) mass is 487 g/mol. The van der Waals surface area contributed by atoms with E-state index in [1.165, 1.54) is 6.07 Å². The summed E-state index contributed by atoms with van der Waals surface area (Å²) in [5, 5.41) is 20.8. The zero-order valence-corrected chi connectivity index (χ0v) is 20.5. The highest BCUT2D eigenvalue weighted by molar-refractivity contribution is 6.04. The number of nitrogens with zero attached hydrogens (tertiary/aromatic N) is 4. The van der Waals surface area contributed by atoms with Gasteiger partial charge >= 0.3 is 0 Å². The number of benzene rings is 2. The van der Waals surface area contributed by atoms with Crippen LogP contribution in [0.1, 0.15) is 30.2 Å². The first-order valence-electron chi connectivity index (χ1n) is 11.8. The van der Waals surface area contributed by atoms with Crippen LogP contribution in [0.2, 0.25) is 0 Å². The SMILES string of the molecule is C=C(Nc1cc(C#Cc2nn(CC)c3c2C(=N)N(C)CN3)ccc1F)N1CCCO1.c1ccccc1. The number of aromatic nitrogens is 2. The molecule has 186 valence electrons. The fraction of sp³-hybridized carbons (Fsp3) is 0.259. The third kappa shape index (κ3) is 5.67. The van der Waals surface area contributed by atoms with E-state index in [4.69, 9.17) is 10.2 Å². The average Bonchev–Trinajstić information content (AvgIpc) is 3.57. The van der Waals surface area contributed by atoms with Crippen LogP contribution in [0.5, 0.6) is 0 Å². The van der Waals surface area contributed by atoms with Gasteiger partial charge in [0.25, 0.3) is 0 Å². The molecule has 0 unspecified atom stereocenters. The lowest BCUT2D eigenvalue weighted by molar-refractivity contribution is -0.0767. The van der Waals surface area contributed by atoms with Gasteiger partial charge in [0, 0.05) is 25.7 Å². The highest BCUT2D eigenvalue weighted by Gasteiger charge is 2.26. The van der Waals surface area contributed by atoms with E-state index in [1.54, 1.807) is 26.8 Å². The first-order chi connectivity index (χ1) is 17.5. The largest absolute Gasteiger partial charge is 0.352 e. The molecule has 1 saturated heterocycles. The Morgan fingerprint density at radius 1 is 1.22 bits per heavy atom. The molecule has 1 fully saturated rings. The standard InChI is InChI=1S/C21H24FN7O.C6H6/c1-4-28-21-19(20(23)27(3)13-24-21)17(26-28)9-7-15-6-8-16(22)18(12-15)25-14(2)29-10-5-11-30-29;1-2-4-6-5-3-1/h6,8,12,23-25H,2,4-5,10-11,13H2,1,3H3;1-6H. The van der Waals surface area contributed by atoms with Crippen molar-refractivity contribution in [2.75, 3.05) is 37.5 Å². The van der Waals surface area contributed by atoms with Crippen LogP contribution in [0.15, 0.2) is 67.0 Å². The molecule has 2 aliphatic rings. The van der Waals surface area contributed by atoms with Crippen molar-refractivity contribution in [2.45, 2.75) is 19.9 Å². The maximum absolute atomic E-state index is 14.3. The van der Waals surface area contributed by atoms with Crippen LogP contribution in [0, 0.1) is 23.1 Å². The summed E-state index contributed by atoms with van der Waals surface area (Å²) in [5.41, 5.74) is 2.10. The number of hydrogen-bond donors (Lipinski definition) is 3. The molecule has 2 aromatic carbocycles. The molecule has 0 aliphatic carbocycles. The molecule has 1 aromatic heterocycles. The van der Waals surface area contributed by atoms with E-state index in [0.717, 1.165) is 12.2 Å². The molecule has 3 heterocycles. The molecular weight excluding hydrogens is 457 g/mol. The Labute approximate surface area is 210 Å². The molecule has 0 saturated carbocycles. The van der Waals surface area contributed by atoms with E-state index in [-0.39, 0.29) is 5.69 Å². The van der Waals surface area contributed by atoms with Gasteiger partial charge in [-0.3, -0.25) is 10.2 Å². The highest BCUT2D eigenvalue weighted by Crippen LogP contribution is 2.25. The number of rotatable bonds is 4. The van der Waals surface area contributed by atoms with Crippen molar-refractivity contribution in [1.29, 1.82) is 5.41 Å². The van der Waals surface area contributed by atoms with Gasteiger partial charge in [0.1, 0.15) is 29.0 Å². The number of nitrogens with one attached hydrogen (secondary N) is 3. The summed E-state index contributed by atoms with van der Waals surface area (Å²) < 4.78 is 16.1. The molecule has 0 spiro atoms. The summed E-state index contributed by atoms with van der Waals surface area (Å²) in [7, 11) is 1.84. The summed E-state index contributed by atoms with van der Waals surface area (Å²) in [6.07, 6.45) is 0.905. The first kappa shape index (κ1) is 24.8. The Kier molecular flexibility index (Phi) is 7.88. The van der Waals surface area contributed by atoms with E-state index >= 15 is 0 Å². The number of fused-ring (bicyclic) bond motifs is 1. The normalized spacial score (nSPS) is 14.1. The third-order valence-corrected chi connectivity index (χ3v) is 5.65. The Morgan fingerprint density at radius 3 is 2.58 bits per heavy atom. The Morgan fingerprint density at radius 2 is 1.94 bits per heavy atom. The minimum absolute atomic E-state index is 0.276. The summed E-state index contributed by atoms with van der Waals surface area (Å²) in [6, 6.07) is 16.6. The number of aryl methyl sites for hydroxylation is 1. The predicted molar refractivity (Wildman–Crippen MR) is 140 cm³/mol. The number of halogens is 1. The van der Waals surface area contributed by atoms with Crippen molar-refractivity contribution >= 4 is 17.3 Å². The molecule has 3 aromatic rings. The lowest BCUT2D eigenvalue weighted by Gasteiger charge is -2.26. The molecule has 8 nitrogen and oxygen atoms in total. The lowest BCUT2D eigenvalue weighted by atomic mass is 10.1. The first-order valence-corrected chi connectivity index (χ1v) is 11.8. The molecule has 3 N–H and O–H groups in total. The van der Waals surface area contributed by atoms with Gasteiger partial charge in [0.05, 0.1) is 24.5 Å². The zero-order chi connectivity index (χ0) is 25.5. The second kappa shape index (κ2) is 11.4. The fourth-order valence-corrected chi connectivity index (χ4v) is 3.74. The molecule has 0 atom stereocenters. The van der Waals surface area contributed by atoms with Crippen LogP contribution in [0.4, 0.5) is 15.9 Å². The Bertz CT molecular complexity index is 1260. The van der Waals surface area contributed by atoms with Crippen molar-refractivity contribution in [3.8, 4) is 11.8 Å². The van der Waals surface area contributed by atoms with Crippen molar-refractivity contribution in [1.82, 2.24) is 19.7 Å². The number of hydrogen-bond acceptors (Lipinski definition) is 6. The van der Waals surface area contributed by atoms with Crippen LogP contribution in [0.3, 0.4) is 0 Å². The topological polar surface area (TPSA) is 81.4 Å². The van der Waals surface area contributed by atoms with Crippen molar-refractivity contribution in [3.63, 3.8) is 0 Å². The molecule has 0 bridgehead atoms. The maximum atomic E-state index is 14.3. The van der Waals surface area contributed by atoms with Gasteiger partial charge in [0.2, 0.25) is 0 Å². The third-order valence-electron chi connectivity index (χ3n) is 5.65. The van der Waals surface area contributed by atoms with Crippen molar-refractivity contribution in [2.24, 2.45) is 0 Å². The molecule has 2 aliphatic heterocycles. The smallest absolute Gasteiger partial charge is 0.148 e. The molecule has 0 amide bonds. The van der Waals surface area contributed by atoms with Gasteiger partial charge < -0.3 is 15.5 Å². The van der Waals surface area contributed by atoms with Gasteiger partial charge in [0.15, 0.2) is 0 Å². The van der Waals surface area contributed by atoms with Crippen LogP contribution in [-0.4, -0.2) is 52.4 Å². The summed E-state index contributed by atoms with van der Waals surface area (Å²) in [4.78, 5) is 7.22. The van der Waals surface area contributed by atoms with Gasteiger partial charge in [-0.2, -0.15) is 5.10 Å². The Balaban J connectivity index is 0.000000445. The van der Waals surface area contributed by atoms with Gasteiger partial charge in [-0.1, -0.05) is 48.9 Å². The number of anilines is 2. The number of amidine groups is 1. The molecule has 9 heteroatoms. The molecule has 0 radical (unpaired) electrons. The van der Waals surface area contributed by atoms with Crippen molar-refractivity contribution in [3.05, 3.63) is 89.6 Å². The summed E-state index contributed by atoms with van der Waals surface area (Å²) in [5.74, 6) is 7.35. The Hall–Kier alpha value is -4.29. The minimum Gasteiger partial charge on any atom is -0.352 e. The van der Waals surface area contributed by atoms with Gasteiger partial charge in [-0.25, -0.2) is 14.1 Å². The van der Waals surface area contributed by atoms with E-state index in [9.17, 15) is 4.39 Å². The minimum atomic E-state index is -0.402. The van der Waals surface area contributed by atoms with Crippen LogP contribution >= 0.6 is 0 Å². The fourth-order valence-electron chi connectivity index (χ4n) is 3.74. The van der Waals surface area contributed by atoms with Crippen LogP contribution in [-0.2, 0) is 11.4 Å². The second-order valence-electron chi connectivity index (χ2n) is 8.23. The predicted octanol–water partition coefficient (Wildman–Crippen LogP) is 4.29. The lowest BCUT2D eigenvalue weighted by Crippen LogP contribution is -2.37. The van der Waals surface area contributed by atoms with E-state index < -0.39 is 5.82 Å². The van der Waals surface area contributed by atoms with Crippen LogP contribution in [0.25, 0.3) is 0 Å². The zero-order valence-electron chi connectivity index (χ0n) is 20.5. The summed E-state index contributed by atoms with van der Waals surface area (Å²) in [6.45, 7) is 8.45. The van der Waals surface area contributed by atoms with Crippen LogP contribution < -0.4 is 10.6 Å². The molecule has 5 rings (SSSR count). The molecule has 36 heavy (non-hydrogen) atoms. The second-order valence-corrected chi connectivity index (χ2v) is 8.23.